The molecule has 3 nitrogen and oxygen atoms in total. The number of rotatable bonds is 3. The first-order chi connectivity index (χ1) is 9.73. The van der Waals surface area contributed by atoms with Crippen LogP contribution in [-0.2, 0) is 4.79 Å². The van der Waals surface area contributed by atoms with E-state index in [4.69, 9.17) is 5.73 Å². The second-order valence-corrected chi connectivity index (χ2v) is 5.76. The van der Waals surface area contributed by atoms with Crippen molar-refractivity contribution in [1.29, 1.82) is 0 Å². The average Bonchev–Trinajstić information content (AvgIpc) is 2.38. The van der Waals surface area contributed by atoms with E-state index in [0.29, 0.717) is 5.69 Å². The van der Waals surface area contributed by atoms with Crippen molar-refractivity contribution >= 4 is 11.6 Å². The third kappa shape index (κ3) is 3.49. The van der Waals surface area contributed by atoms with Crippen molar-refractivity contribution in [2.75, 3.05) is 5.32 Å². The Morgan fingerprint density at radius 3 is 2.43 bits per heavy atom. The van der Waals surface area contributed by atoms with Crippen LogP contribution in [-0.4, -0.2) is 17.6 Å². The van der Waals surface area contributed by atoms with E-state index in [1.807, 2.05) is 25.1 Å². The normalized spacial score (nSPS) is 26.4. The van der Waals surface area contributed by atoms with Crippen molar-refractivity contribution < 1.29 is 18.0 Å². The Balaban J connectivity index is 2.15. The first-order valence-electron chi connectivity index (χ1n) is 6.94. The summed E-state index contributed by atoms with van der Waals surface area (Å²) >= 11 is 0. The topological polar surface area (TPSA) is 55.1 Å². The van der Waals surface area contributed by atoms with Gasteiger partial charge in [-0.05, 0) is 50.3 Å². The summed E-state index contributed by atoms with van der Waals surface area (Å²) in [6, 6.07) is 7.37. The van der Waals surface area contributed by atoms with Crippen LogP contribution in [0.15, 0.2) is 24.3 Å². The molecule has 1 aliphatic carbocycles. The molecule has 0 saturated heterocycles. The lowest BCUT2D eigenvalue weighted by Gasteiger charge is -2.39. The molecule has 1 amide bonds. The molecular formula is C15H19F3N2O. The van der Waals surface area contributed by atoms with E-state index < -0.39 is 23.5 Å². The van der Waals surface area contributed by atoms with Crippen molar-refractivity contribution in [2.24, 2.45) is 11.7 Å². The van der Waals surface area contributed by atoms with E-state index in [1.165, 1.54) is 0 Å². The largest absolute Gasteiger partial charge is 0.391 e. The summed E-state index contributed by atoms with van der Waals surface area (Å²) in [6.45, 7) is 1.91. The Kier molecular flexibility index (Phi) is 4.16. The Morgan fingerprint density at radius 2 is 1.95 bits per heavy atom. The van der Waals surface area contributed by atoms with Gasteiger partial charge in [0.25, 0.3) is 0 Å². The number of carbonyl (C=O) groups excluding carboxylic acids is 1. The highest BCUT2D eigenvalue weighted by Gasteiger charge is 2.48. The molecule has 1 aromatic rings. The zero-order chi connectivity index (χ0) is 15.7. The van der Waals surface area contributed by atoms with Crippen LogP contribution < -0.4 is 11.1 Å². The summed E-state index contributed by atoms with van der Waals surface area (Å²) < 4.78 is 38.2. The number of primary amides is 1. The summed E-state index contributed by atoms with van der Waals surface area (Å²) in [5.74, 6) is -1.94. The van der Waals surface area contributed by atoms with E-state index >= 15 is 0 Å². The van der Waals surface area contributed by atoms with Gasteiger partial charge >= 0.3 is 6.18 Å². The third-order valence-electron chi connectivity index (χ3n) is 4.18. The van der Waals surface area contributed by atoms with Crippen LogP contribution in [0.1, 0.15) is 31.2 Å². The number of benzene rings is 1. The van der Waals surface area contributed by atoms with Crippen molar-refractivity contribution in [3.8, 4) is 0 Å². The molecule has 0 atom stereocenters. The average molecular weight is 300 g/mol. The van der Waals surface area contributed by atoms with E-state index in [1.54, 1.807) is 6.07 Å². The molecule has 1 aromatic carbocycles. The van der Waals surface area contributed by atoms with Crippen LogP contribution in [0.2, 0.25) is 0 Å². The highest BCUT2D eigenvalue weighted by atomic mass is 19.4. The second-order valence-electron chi connectivity index (χ2n) is 5.76. The van der Waals surface area contributed by atoms with E-state index in [9.17, 15) is 18.0 Å². The first kappa shape index (κ1) is 15.7. The minimum Gasteiger partial charge on any atom is -0.371 e. The lowest BCUT2D eigenvalue weighted by molar-refractivity contribution is -0.184. The van der Waals surface area contributed by atoms with Crippen LogP contribution in [0.25, 0.3) is 0 Å². The molecule has 1 saturated carbocycles. The Bertz CT molecular complexity index is 520. The minimum atomic E-state index is -4.20. The number of aryl methyl sites for hydroxylation is 1. The van der Waals surface area contributed by atoms with Gasteiger partial charge in [0.1, 0.15) is 5.54 Å². The molecule has 21 heavy (non-hydrogen) atoms. The number of carbonyl (C=O) groups is 1. The molecule has 0 heterocycles. The van der Waals surface area contributed by atoms with E-state index in [2.05, 4.69) is 5.32 Å². The zero-order valence-electron chi connectivity index (χ0n) is 11.8. The minimum absolute atomic E-state index is 0.0781. The molecule has 0 spiro atoms. The highest BCUT2D eigenvalue weighted by molar-refractivity contribution is 5.88. The molecule has 0 aliphatic heterocycles. The fourth-order valence-corrected chi connectivity index (χ4v) is 2.87. The quantitative estimate of drug-likeness (QED) is 0.899. The molecule has 1 fully saturated rings. The summed E-state index contributed by atoms with van der Waals surface area (Å²) in [5.41, 5.74) is 6.08. The Morgan fingerprint density at radius 1 is 1.33 bits per heavy atom. The van der Waals surface area contributed by atoms with Crippen molar-refractivity contribution in [2.45, 2.75) is 44.3 Å². The Hall–Kier alpha value is -1.72. The maximum Gasteiger partial charge on any atom is 0.391 e. The molecule has 0 radical (unpaired) electrons. The summed E-state index contributed by atoms with van der Waals surface area (Å²) in [6.07, 6.45) is -4.16. The number of anilines is 1. The van der Waals surface area contributed by atoms with E-state index in [-0.39, 0.29) is 25.7 Å². The van der Waals surface area contributed by atoms with Crippen LogP contribution in [0.4, 0.5) is 18.9 Å². The molecule has 116 valence electrons. The van der Waals surface area contributed by atoms with Crippen LogP contribution in [0.3, 0.4) is 0 Å². The molecule has 1 aliphatic rings. The smallest absolute Gasteiger partial charge is 0.371 e. The van der Waals surface area contributed by atoms with Crippen LogP contribution in [0, 0.1) is 12.8 Å². The monoisotopic (exact) mass is 300 g/mol. The van der Waals surface area contributed by atoms with Gasteiger partial charge in [-0.3, -0.25) is 4.79 Å². The SMILES string of the molecule is Cc1cccc(NC2(C(N)=O)CCC(C(F)(F)F)CC2)c1. The zero-order valence-corrected chi connectivity index (χ0v) is 11.8. The fraction of sp³-hybridized carbons (Fsp3) is 0.533. The number of nitrogens with one attached hydrogen (secondary N) is 1. The molecule has 0 aromatic heterocycles. The van der Waals surface area contributed by atoms with Gasteiger partial charge < -0.3 is 11.1 Å². The number of amides is 1. The van der Waals surface area contributed by atoms with E-state index in [0.717, 1.165) is 5.56 Å². The number of halogens is 3. The predicted octanol–water partition coefficient (Wildman–Crippen LogP) is 3.38. The number of nitrogens with two attached hydrogens (primary N) is 1. The fourth-order valence-electron chi connectivity index (χ4n) is 2.87. The number of alkyl halides is 3. The molecule has 3 N–H and O–H groups in total. The molecule has 0 bridgehead atoms. The number of hydrogen-bond donors (Lipinski definition) is 2. The van der Waals surface area contributed by atoms with Crippen LogP contribution in [0.5, 0.6) is 0 Å². The van der Waals surface area contributed by atoms with Crippen molar-refractivity contribution in [3.63, 3.8) is 0 Å². The van der Waals surface area contributed by atoms with Gasteiger partial charge in [-0.2, -0.15) is 13.2 Å². The predicted molar refractivity (Wildman–Crippen MR) is 74.7 cm³/mol. The van der Waals surface area contributed by atoms with Gasteiger partial charge in [-0.15, -0.1) is 0 Å². The Labute approximate surface area is 121 Å². The summed E-state index contributed by atoms with van der Waals surface area (Å²) in [5, 5.41) is 3.06. The third-order valence-corrected chi connectivity index (χ3v) is 4.18. The summed E-state index contributed by atoms with van der Waals surface area (Å²) in [7, 11) is 0. The molecule has 6 heteroatoms. The van der Waals surface area contributed by atoms with Gasteiger partial charge in [-0.1, -0.05) is 12.1 Å². The lowest BCUT2D eigenvalue weighted by Crippen LogP contribution is -2.53. The summed E-state index contributed by atoms with van der Waals surface area (Å²) in [4.78, 5) is 11.8. The van der Waals surface area contributed by atoms with Gasteiger partial charge in [0, 0.05) is 5.69 Å². The number of hydrogen-bond acceptors (Lipinski definition) is 2. The molecule has 2 rings (SSSR count). The maximum absolute atomic E-state index is 12.7. The maximum atomic E-state index is 12.7. The van der Waals surface area contributed by atoms with Gasteiger partial charge in [-0.25, -0.2) is 0 Å². The standard InChI is InChI=1S/C15H19F3N2O/c1-10-3-2-4-12(9-10)20-14(13(19)21)7-5-11(6-8-14)15(16,17)18/h2-4,9,11,20H,5-8H2,1H3,(H2,19,21). The molecular weight excluding hydrogens is 281 g/mol. The van der Waals surface area contributed by atoms with Gasteiger partial charge in [0.2, 0.25) is 5.91 Å². The second kappa shape index (κ2) is 5.58. The van der Waals surface area contributed by atoms with Gasteiger partial charge in [0.05, 0.1) is 5.92 Å². The lowest BCUT2D eigenvalue weighted by atomic mass is 9.75. The van der Waals surface area contributed by atoms with Crippen molar-refractivity contribution in [3.05, 3.63) is 29.8 Å². The first-order valence-corrected chi connectivity index (χ1v) is 6.94. The molecule has 0 unspecified atom stereocenters. The van der Waals surface area contributed by atoms with Crippen molar-refractivity contribution in [1.82, 2.24) is 0 Å². The van der Waals surface area contributed by atoms with Crippen LogP contribution >= 0.6 is 0 Å². The highest BCUT2D eigenvalue weighted by Crippen LogP contribution is 2.42. The van der Waals surface area contributed by atoms with Gasteiger partial charge in [0.15, 0.2) is 0 Å².